The van der Waals surface area contributed by atoms with Crippen LogP contribution < -0.4 is 0 Å². The zero-order chi connectivity index (χ0) is 12.6. The first-order valence-electron chi connectivity index (χ1n) is 4.44. The van der Waals surface area contributed by atoms with Crippen molar-refractivity contribution in [3.8, 4) is 28.6 Å². The first-order chi connectivity index (χ1) is 7.99. The fourth-order valence-electron chi connectivity index (χ4n) is 1.34. The summed E-state index contributed by atoms with van der Waals surface area (Å²) < 4.78 is 4.68. The molecule has 2 aromatic rings. The molecule has 1 heterocycles. The number of aromatic carboxylic acids is 1. The highest BCUT2D eigenvalue weighted by Crippen LogP contribution is 2.40. The number of rotatable bonds is 2. The second kappa shape index (κ2) is 3.71. The molecule has 0 saturated carbocycles. The molecular weight excluding hydrogens is 230 g/mol. The molecule has 0 unspecified atom stereocenters. The van der Waals surface area contributed by atoms with E-state index in [1.54, 1.807) is 0 Å². The van der Waals surface area contributed by atoms with E-state index < -0.39 is 17.5 Å². The third-order valence-electron chi connectivity index (χ3n) is 2.06. The number of aromatic hydroxyl groups is 3. The number of phenols is 3. The van der Waals surface area contributed by atoms with Crippen molar-refractivity contribution in [2.45, 2.75) is 0 Å². The van der Waals surface area contributed by atoms with Crippen molar-refractivity contribution in [2.75, 3.05) is 0 Å². The average Bonchev–Trinajstić information content (AvgIpc) is 2.65. The second-order valence-corrected chi connectivity index (χ2v) is 3.24. The third kappa shape index (κ3) is 1.85. The van der Waals surface area contributed by atoms with E-state index in [2.05, 4.69) is 9.68 Å². The standard InChI is InChI=1S/C10H7NO6/c12-4-1-6(13)9(7(14)2-4)8-3-5(10(15)16)11-17-8/h1-3,12-14H,(H,15,16). The Hall–Kier alpha value is -2.70. The van der Waals surface area contributed by atoms with Crippen molar-refractivity contribution in [3.63, 3.8) is 0 Å². The van der Waals surface area contributed by atoms with Gasteiger partial charge in [-0.05, 0) is 0 Å². The lowest BCUT2D eigenvalue weighted by Gasteiger charge is -2.03. The second-order valence-electron chi connectivity index (χ2n) is 3.24. The molecule has 0 spiro atoms. The fraction of sp³-hybridized carbons (Fsp3) is 0. The number of carbonyl (C=O) groups is 1. The van der Waals surface area contributed by atoms with Crippen LogP contribution in [0.5, 0.6) is 17.2 Å². The first-order valence-corrected chi connectivity index (χ1v) is 4.44. The molecule has 0 aliphatic heterocycles. The number of benzene rings is 1. The van der Waals surface area contributed by atoms with Gasteiger partial charge in [0, 0.05) is 18.2 Å². The number of nitrogens with zero attached hydrogens (tertiary/aromatic N) is 1. The molecular formula is C10H7NO6. The predicted octanol–water partition coefficient (Wildman–Crippen LogP) is 1.16. The lowest BCUT2D eigenvalue weighted by atomic mass is 10.1. The predicted molar refractivity (Wildman–Crippen MR) is 53.9 cm³/mol. The number of phenolic OH excluding ortho intramolecular Hbond substituents is 3. The Labute approximate surface area is 94.2 Å². The molecule has 0 radical (unpaired) electrons. The summed E-state index contributed by atoms with van der Waals surface area (Å²) in [5, 5.41) is 40.0. The normalized spacial score (nSPS) is 10.4. The molecule has 0 bridgehead atoms. The van der Waals surface area contributed by atoms with Crippen LogP contribution in [0.1, 0.15) is 10.5 Å². The maximum atomic E-state index is 10.6. The van der Waals surface area contributed by atoms with E-state index in [-0.39, 0.29) is 22.8 Å². The minimum atomic E-state index is -1.29. The summed E-state index contributed by atoms with van der Waals surface area (Å²) >= 11 is 0. The number of aromatic nitrogens is 1. The molecule has 1 aromatic heterocycles. The van der Waals surface area contributed by atoms with Gasteiger partial charge in [-0.3, -0.25) is 0 Å². The quantitative estimate of drug-likeness (QED) is 0.617. The van der Waals surface area contributed by atoms with Crippen molar-refractivity contribution in [3.05, 3.63) is 23.9 Å². The highest BCUT2D eigenvalue weighted by Gasteiger charge is 2.19. The Kier molecular flexibility index (Phi) is 2.36. The smallest absolute Gasteiger partial charge is 0.358 e. The van der Waals surface area contributed by atoms with Crippen LogP contribution in [0.25, 0.3) is 11.3 Å². The van der Waals surface area contributed by atoms with Gasteiger partial charge >= 0.3 is 5.97 Å². The molecule has 17 heavy (non-hydrogen) atoms. The Morgan fingerprint density at radius 3 is 2.18 bits per heavy atom. The highest BCUT2D eigenvalue weighted by molar-refractivity contribution is 5.87. The fourth-order valence-corrected chi connectivity index (χ4v) is 1.34. The van der Waals surface area contributed by atoms with E-state index in [9.17, 15) is 15.0 Å². The zero-order valence-corrected chi connectivity index (χ0v) is 8.28. The van der Waals surface area contributed by atoms with Crippen LogP contribution in [0.3, 0.4) is 0 Å². The molecule has 7 nitrogen and oxygen atoms in total. The number of hydrogen-bond acceptors (Lipinski definition) is 6. The summed E-state index contributed by atoms with van der Waals surface area (Å²) in [6.45, 7) is 0. The van der Waals surface area contributed by atoms with Crippen molar-refractivity contribution in [1.82, 2.24) is 5.16 Å². The lowest BCUT2D eigenvalue weighted by Crippen LogP contribution is -1.94. The summed E-state index contributed by atoms with van der Waals surface area (Å²) in [4.78, 5) is 10.6. The maximum Gasteiger partial charge on any atom is 0.358 e. The van der Waals surface area contributed by atoms with Gasteiger partial charge in [0.25, 0.3) is 0 Å². The molecule has 2 rings (SSSR count). The minimum Gasteiger partial charge on any atom is -0.508 e. The van der Waals surface area contributed by atoms with E-state index in [4.69, 9.17) is 10.2 Å². The SMILES string of the molecule is O=C(O)c1cc(-c2c(O)cc(O)cc2O)on1. The molecule has 4 N–H and O–H groups in total. The summed E-state index contributed by atoms with van der Waals surface area (Å²) in [7, 11) is 0. The van der Waals surface area contributed by atoms with Crippen LogP contribution in [0.4, 0.5) is 0 Å². The lowest BCUT2D eigenvalue weighted by molar-refractivity contribution is 0.0686. The van der Waals surface area contributed by atoms with Gasteiger partial charge in [0.2, 0.25) is 0 Å². The topological polar surface area (TPSA) is 124 Å². The molecule has 0 aliphatic carbocycles. The van der Waals surface area contributed by atoms with Gasteiger partial charge in [-0.1, -0.05) is 5.16 Å². The molecule has 0 saturated heterocycles. The molecule has 0 aliphatic rings. The number of carboxylic acids is 1. The minimum absolute atomic E-state index is 0.114. The van der Waals surface area contributed by atoms with Crippen LogP contribution >= 0.6 is 0 Å². The maximum absolute atomic E-state index is 10.6. The largest absolute Gasteiger partial charge is 0.508 e. The van der Waals surface area contributed by atoms with Crippen molar-refractivity contribution in [2.24, 2.45) is 0 Å². The van der Waals surface area contributed by atoms with Gasteiger partial charge < -0.3 is 24.9 Å². The molecule has 0 atom stereocenters. The van der Waals surface area contributed by atoms with Crippen LogP contribution in [0, 0.1) is 0 Å². The van der Waals surface area contributed by atoms with E-state index >= 15 is 0 Å². The summed E-state index contributed by atoms with van der Waals surface area (Å²) in [6, 6.07) is 3.02. The summed E-state index contributed by atoms with van der Waals surface area (Å²) in [5.41, 5.74) is -0.491. The van der Waals surface area contributed by atoms with Crippen LogP contribution in [0.2, 0.25) is 0 Å². The molecule has 0 fully saturated rings. The number of carboxylic acid groups (broad SMARTS) is 1. The van der Waals surface area contributed by atoms with Crippen molar-refractivity contribution < 1.29 is 29.7 Å². The van der Waals surface area contributed by atoms with E-state index in [1.807, 2.05) is 0 Å². The van der Waals surface area contributed by atoms with Gasteiger partial charge in [0.15, 0.2) is 11.5 Å². The zero-order valence-electron chi connectivity index (χ0n) is 8.28. The summed E-state index contributed by atoms with van der Waals surface area (Å²) in [6.07, 6.45) is 0. The Morgan fingerprint density at radius 1 is 1.12 bits per heavy atom. The summed E-state index contributed by atoms with van der Waals surface area (Å²) in [5.74, 6) is -2.64. The van der Waals surface area contributed by atoms with Gasteiger partial charge in [-0.25, -0.2) is 4.79 Å². The van der Waals surface area contributed by atoms with Crippen molar-refractivity contribution >= 4 is 5.97 Å². The van der Waals surface area contributed by atoms with E-state index in [0.29, 0.717) is 0 Å². The molecule has 7 heteroatoms. The Morgan fingerprint density at radius 2 is 1.71 bits per heavy atom. The van der Waals surface area contributed by atoms with Crippen LogP contribution in [-0.4, -0.2) is 31.6 Å². The van der Waals surface area contributed by atoms with Crippen LogP contribution in [0.15, 0.2) is 22.7 Å². The number of hydrogen-bond donors (Lipinski definition) is 4. The third-order valence-corrected chi connectivity index (χ3v) is 2.06. The highest BCUT2D eigenvalue weighted by atomic mass is 16.5. The Balaban J connectivity index is 2.56. The van der Waals surface area contributed by atoms with Crippen LogP contribution in [-0.2, 0) is 0 Å². The van der Waals surface area contributed by atoms with E-state index in [0.717, 1.165) is 18.2 Å². The van der Waals surface area contributed by atoms with Gasteiger partial charge in [-0.2, -0.15) is 0 Å². The van der Waals surface area contributed by atoms with Gasteiger partial charge in [0.1, 0.15) is 22.8 Å². The molecule has 0 amide bonds. The average molecular weight is 237 g/mol. The molecule has 88 valence electrons. The van der Waals surface area contributed by atoms with Gasteiger partial charge in [0.05, 0.1) is 0 Å². The molecule has 1 aromatic carbocycles. The van der Waals surface area contributed by atoms with Gasteiger partial charge in [-0.15, -0.1) is 0 Å². The first kappa shape index (κ1) is 10.8. The Bertz CT molecular complexity index is 565. The van der Waals surface area contributed by atoms with E-state index in [1.165, 1.54) is 0 Å². The monoisotopic (exact) mass is 237 g/mol. The van der Waals surface area contributed by atoms with Crippen molar-refractivity contribution in [1.29, 1.82) is 0 Å².